The van der Waals surface area contributed by atoms with Crippen molar-refractivity contribution in [1.82, 2.24) is 15.8 Å². The first-order chi connectivity index (χ1) is 15.8. The molecule has 6 nitrogen and oxygen atoms in total. The van der Waals surface area contributed by atoms with Gasteiger partial charge in [0, 0.05) is 55.8 Å². The number of halogens is 3. The van der Waals surface area contributed by atoms with Crippen molar-refractivity contribution in [1.29, 1.82) is 0 Å². The number of piperazine rings is 1. The number of rotatable bonds is 7. The summed E-state index contributed by atoms with van der Waals surface area (Å²) in [6.07, 6.45) is 2.92. The van der Waals surface area contributed by atoms with E-state index in [1.54, 1.807) is 0 Å². The molecule has 0 aromatic heterocycles. The van der Waals surface area contributed by atoms with Gasteiger partial charge in [-0.25, -0.2) is 0 Å². The van der Waals surface area contributed by atoms with E-state index in [1.165, 1.54) is 42.1 Å². The van der Waals surface area contributed by atoms with Crippen LogP contribution in [0, 0.1) is 0 Å². The molecule has 0 bridgehead atoms. The number of benzene rings is 2. The van der Waals surface area contributed by atoms with E-state index < -0.39 is 11.4 Å². The quantitative estimate of drug-likeness (QED) is 0.361. The average Bonchev–Trinajstić information content (AvgIpc) is 2.81. The molecule has 0 saturated carbocycles. The third-order valence-electron chi connectivity index (χ3n) is 5.01. The van der Waals surface area contributed by atoms with Crippen molar-refractivity contribution in [3.05, 3.63) is 66.2 Å². The number of hydrazine groups is 1. The summed E-state index contributed by atoms with van der Waals surface area (Å²) in [4.78, 5) is 28.5. The predicted molar refractivity (Wildman–Crippen MR) is 123 cm³/mol. The van der Waals surface area contributed by atoms with Crippen LogP contribution < -0.4 is 15.8 Å². The summed E-state index contributed by atoms with van der Waals surface area (Å²) in [5.41, 5.74) is 2.10. The molecule has 2 amide bonds. The number of alkyl halides is 3. The zero-order chi connectivity index (χ0) is 23.7. The van der Waals surface area contributed by atoms with Crippen LogP contribution in [0.5, 0.6) is 0 Å². The van der Waals surface area contributed by atoms with Gasteiger partial charge in [-0.05, 0) is 47.7 Å². The molecule has 3 rings (SSSR count). The lowest BCUT2D eigenvalue weighted by molar-refractivity contribution is -0.127. The van der Waals surface area contributed by atoms with Gasteiger partial charge < -0.3 is 4.90 Å². The second-order valence-corrected chi connectivity index (χ2v) is 8.54. The van der Waals surface area contributed by atoms with Crippen LogP contribution >= 0.6 is 11.8 Å². The molecule has 0 spiro atoms. The molecule has 1 aliphatic rings. The highest BCUT2D eigenvalue weighted by molar-refractivity contribution is 8.00. The number of carbonyl (C=O) groups is 2. The Bertz CT molecular complexity index is 944. The summed E-state index contributed by atoms with van der Waals surface area (Å²) in [7, 11) is 0. The zero-order valence-corrected chi connectivity index (χ0v) is 18.7. The van der Waals surface area contributed by atoms with Gasteiger partial charge in [-0.1, -0.05) is 30.3 Å². The zero-order valence-electron chi connectivity index (χ0n) is 17.8. The lowest BCUT2D eigenvalue weighted by Gasteiger charge is -2.36. The van der Waals surface area contributed by atoms with Gasteiger partial charge >= 0.3 is 5.51 Å². The maximum Gasteiger partial charge on any atom is 0.446 e. The van der Waals surface area contributed by atoms with E-state index in [2.05, 4.69) is 32.8 Å². The van der Waals surface area contributed by atoms with Crippen LogP contribution in [0.4, 0.5) is 18.9 Å². The second-order valence-electron chi connectivity index (χ2n) is 7.40. The lowest BCUT2D eigenvalue weighted by Crippen LogP contribution is -2.48. The smallest absolute Gasteiger partial charge is 0.369 e. The van der Waals surface area contributed by atoms with Gasteiger partial charge in [0.15, 0.2) is 0 Å². The van der Waals surface area contributed by atoms with Crippen LogP contribution in [0.3, 0.4) is 0 Å². The van der Waals surface area contributed by atoms with Gasteiger partial charge in [0.1, 0.15) is 0 Å². The van der Waals surface area contributed by atoms with Crippen molar-refractivity contribution < 1.29 is 22.8 Å². The van der Waals surface area contributed by atoms with Crippen LogP contribution in [-0.4, -0.2) is 54.9 Å². The van der Waals surface area contributed by atoms with Crippen molar-refractivity contribution in [2.75, 3.05) is 37.6 Å². The average molecular weight is 479 g/mol. The number of nitrogens with zero attached hydrogens (tertiary/aromatic N) is 2. The summed E-state index contributed by atoms with van der Waals surface area (Å²) in [5, 5.41) is 0. The molecule has 2 aromatic carbocycles. The van der Waals surface area contributed by atoms with Gasteiger partial charge in [-0.2, -0.15) is 13.2 Å². The Morgan fingerprint density at radius 3 is 2.24 bits per heavy atom. The maximum absolute atomic E-state index is 12.3. The minimum Gasteiger partial charge on any atom is -0.369 e. The number of hydrogen-bond donors (Lipinski definition) is 2. The Morgan fingerprint density at radius 1 is 0.939 bits per heavy atom. The number of amides is 2. The van der Waals surface area contributed by atoms with Crippen LogP contribution in [0.2, 0.25) is 0 Å². The number of thioether (sulfide) groups is 1. The SMILES string of the molecule is O=C(/C=C/c1ccc(SC(F)(F)F)cc1)NNC(=O)CCN1CCN(c2ccccc2)CC1. The van der Waals surface area contributed by atoms with Crippen LogP contribution in [-0.2, 0) is 9.59 Å². The van der Waals surface area contributed by atoms with Gasteiger partial charge in [0.25, 0.3) is 5.91 Å². The number of nitrogens with one attached hydrogen (secondary N) is 2. The highest BCUT2D eigenvalue weighted by Crippen LogP contribution is 2.36. The molecule has 33 heavy (non-hydrogen) atoms. The predicted octanol–water partition coefficient (Wildman–Crippen LogP) is 3.67. The lowest BCUT2D eigenvalue weighted by atomic mass is 10.2. The molecule has 10 heteroatoms. The van der Waals surface area contributed by atoms with Crippen molar-refractivity contribution in [3.63, 3.8) is 0 Å². The summed E-state index contributed by atoms with van der Waals surface area (Å²) in [6, 6.07) is 15.8. The number of para-hydroxylation sites is 1. The minimum atomic E-state index is -4.34. The highest BCUT2D eigenvalue weighted by atomic mass is 32.2. The Kier molecular flexibility index (Phi) is 8.79. The third kappa shape index (κ3) is 8.82. The molecule has 1 heterocycles. The first-order valence-corrected chi connectivity index (χ1v) is 11.3. The first kappa shape index (κ1) is 24.7. The molecule has 0 atom stereocenters. The summed E-state index contributed by atoms with van der Waals surface area (Å²) in [6.45, 7) is 4.10. The summed E-state index contributed by atoms with van der Waals surface area (Å²) >= 11 is -0.198. The molecule has 2 aromatic rings. The van der Waals surface area contributed by atoms with E-state index >= 15 is 0 Å². The number of carbonyl (C=O) groups excluding carboxylic acids is 2. The fourth-order valence-electron chi connectivity index (χ4n) is 3.32. The number of hydrogen-bond acceptors (Lipinski definition) is 5. The Balaban J connectivity index is 1.32. The van der Waals surface area contributed by atoms with E-state index in [0.29, 0.717) is 12.1 Å². The van der Waals surface area contributed by atoms with E-state index in [-0.39, 0.29) is 29.0 Å². The van der Waals surface area contributed by atoms with E-state index in [0.717, 1.165) is 26.2 Å². The fraction of sp³-hybridized carbons (Fsp3) is 0.304. The number of anilines is 1. The van der Waals surface area contributed by atoms with Gasteiger partial charge in [0.2, 0.25) is 5.91 Å². The molecule has 1 fully saturated rings. The summed E-state index contributed by atoms with van der Waals surface area (Å²) in [5.74, 6) is -0.829. The highest BCUT2D eigenvalue weighted by Gasteiger charge is 2.28. The fourth-order valence-corrected chi connectivity index (χ4v) is 3.86. The molecule has 0 radical (unpaired) electrons. The standard InChI is InChI=1S/C23H25F3N4O2S/c24-23(25,26)33-20-9-6-18(7-10-20)8-11-21(31)27-28-22(32)12-13-29-14-16-30(17-15-29)19-4-2-1-3-5-19/h1-11H,12-17H2,(H,27,31)(H,28,32)/b11-8+. The van der Waals surface area contributed by atoms with E-state index in [1.807, 2.05) is 18.2 Å². The molecule has 2 N–H and O–H groups in total. The van der Waals surface area contributed by atoms with Crippen molar-refractivity contribution >= 4 is 35.3 Å². The topological polar surface area (TPSA) is 64.7 Å². The molecule has 176 valence electrons. The Hall–Kier alpha value is -2.98. The van der Waals surface area contributed by atoms with Gasteiger partial charge in [-0.15, -0.1) is 0 Å². The normalized spacial score (nSPS) is 14.9. The van der Waals surface area contributed by atoms with E-state index in [4.69, 9.17) is 0 Å². The molecule has 1 saturated heterocycles. The summed E-state index contributed by atoms with van der Waals surface area (Å²) < 4.78 is 37.0. The van der Waals surface area contributed by atoms with Crippen LogP contribution in [0.15, 0.2) is 65.6 Å². The van der Waals surface area contributed by atoms with Crippen molar-refractivity contribution in [2.45, 2.75) is 16.8 Å². The van der Waals surface area contributed by atoms with Crippen LogP contribution in [0.1, 0.15) is 12.0 Å². The Morgan fingerprint density at radius 2 is 1.61 bits per heavy atom. The van der Waals surface area contributed by atoms with Crippen molar-refractivity contribution in [2.24, 2.45) is 0 Å². The third-order valence-corrected chi connectivity index (χ3v) is 5.75. The monoisotopic (exact) mass is 478 g/mol. The molecule has 0 unspecified atom stereocenters. The Labute approximate surface area is 194 Å². The molecule has 1 aliphatic heterocycles. The van der Waals surface area contributed by atoms with Crippen LogP contribution in [0.25, 0.3) is 6.08 Å². The minimum absolute atomic E-state index is 0.0674. The first-order valence-electron chi connectivity index (χ1n) is 10.4. The second kappa shape index (κ2) is 11.8. The van der Waals surface area contributed by atoms with Crippen molar-refractivity contribution in [3.8, 4) is 0 Å². The maximum atomic E-state index is 12.3. The molecule has 0 aliphatic carbocycles. The van der Waals surface area contributed by atoms with Gasteiger partial charge in [-0.3, -0.25) is 25.3 Å². The molecular formula is C23H25F3N4O2S. The largest absolute Gasteiger partial charge is 0.446 e. The molecular weight excluding hydrogens is 453 g/mol. The van der Waals surface area contributed by atoms with Gasteiger partial charge in [0.05, 0.1) is 0 Å². The van der Waals surface area contributed by atoms with E-state index in [9.17, 15) is 22.8 Å².